The molecule has 0 aliphatic carbocycles. The standard InChI is InChI=1S/C12H11N3O3/c13-11(16)8-3-5-9(6-4-8)14-12(17)15-10-2-1-7-18-10/h1-7H,(H2,13,16)(H2,14,15,17). The second kappa shape index (κ2) is 5.05. The van der Waals surface area contributed by atoms with Crippen molar-refractivity contribution in [2.24, 2.45) is 5.73 Å². The van der Waals surface area contributed by atoms with Crippen LogP contribution in [0.3, 0.4) is 0 Å². The van der Waals surface area contributed by atoms with Gasteiger partial charge in [0.2, 0.25) is 11.8 Å². The van der Waals surface area contributed by atoms with Crippen molar-refractivity contribution in [3.05, 3.63) is 48.2 Å². The van der Waals surface area contributed by atoms with Crippen LogP contribution in [0.4, 0.5) is 16.4 Å². The third kappa shape index (κ3) is 2.88. The zero-order valence-corrected chi connectivity index (χ0v) is 9.34. The van der Waals surface area contributed by atoms with E-state index in [9.17, 15) is 9.59 Å². The molecule has 1 aromatic heterocycles. The summed E-state index contributed by atoms with van der Waals surface area (Å²) in [5.41, 5.74) is 6.03. The lowest BCUT2D eigenvalue weighted by Crippen LogP contribution is -2.19. The number of carbonyl (C=O) groups is 2. The van der Waals surface area contributed by atoms with Crippen LogP contribution in [0.1, 0.15) is 10.4 Å². The van der Waals surface area contributed by atoms with Crippen molar-refractivity contribution in [1.29, 1.82) is 0 Å². The number of amides is 3. The smallest absolute Gasteiger partial charge is 0.326 e. The first-order chi connectivity index (χ1) is 8.65. The summed E-state index contributed by atoms with van der Waals surface area (Å²) >= 11 is 0. The van der Waals surface area contributed by atoms with E-state index in [1.54, 1.807) is 24.3 Å². The van der Waals surface area contributed by atoms with Gasteiger partial charge in [-0.2, -0.15) is 0 Å². The van der Waals surface area contributed by atoms with Gasteiger partial charge >= 0.3 is 6.03 Å². The van der Waals surface area contributed by atoms with Gasteiger partial charge in [-0.05, 0) is 30.3 Å². The molecule has 92 valence electrons. The average Bonchev–Trinajstić information content (AvgIpc) is 2.82. The van der Waals surface area contributed by atoms with E-state index in [0.717, 1.165) is 0 Å². The van der Waals surface area contributed by atoms with Crippen LogP contribution >= 0.6 is 0 Å². The second-order valence-corrected chi connectivity index (χ2v) is 3.50. The van der Waals surface area contributed by atoms with Gasteiger partial charge in [0.1, 0.15) is 0 Å². The van der Waals surface area contributed by atoms with Gasteiger partial charge in [-0.15, -0.1) is 0 Å². The molecule has 0 saturated heterocycles. The summed E-state index contributed by atoms with van der Waals surface area (Å²) in [4.78, 5) is 22.4. The highest BCUT2D eigenvalue weighted by atomic mass is 16.3. The van der Waals surface area contributed by atoms with Crippen LogP contribution in [-0.4, -0.2) is 11.9 Å². The topological polar surface area (TPSA) is 97.4 Å². The normalized spacial score (nSPS) is 9.78. The molecule has 2 aromatic rings. The lowest BCUT2D eigenvalue weighted by Gasteiger charge is -2.05. The van der Waals surface area contributed by atoms with Gasteiger partial charge in [-0.3, -0.25) is 10.1 Å². The monoisotopic (exact) mass is 245 g/mol. The Bertz CT molecular complexity index is 546. The van der Waals surface area contributed by atoms with Crippen molar-refractivity contribution >= 4 is 23.5 Å². The number of benzene rings is 1. The molecule has 0 atom stereocenters. The maximum Gasteiger partial charge on any atom is 0.326 e. The van der Waals surface area contributed by atoms with Gasteiger partial charge in [0.05, 0.1) is 6.26 Å². The number of hydrogen-bond donors (Lipinski definition) is 3. The van der Waals surface area contributed by atoms with Crippen LogP contribution in [0.15, 0.2) is 47.1 Å². The highest BCUT2D eigenvalue weighted by Gasteiger charge is 2.05. The zero-order valence-electron chi connectivity index (χ0n) is 9.34. The van der Waals surface area contributed by atoms with Gasteiger partial charge in [0.25, 0.3) is 0 Å². The summed E-state index contributed by atoms with van der Waals surface area (Å²) in [6.45, 7) is 0. The maximum absolute atomic E-state index is 11.5. The number of anilines is 2. The minimum absolute atomic E-state index is 0.348. The number of hydrogen-bond acceptors (Lipinski definition) is 3. The Labute approximate surface area is 103 Å². The molecular weight excluding hydrogens is 234 g/mol. The summed E-state index contributed by atoms with van der Waals surface area (Å²) in [5, 5.41) is 5.08. The molecule has 3 amide bonds. The van der Waals surface area contributed by atoms with Crippen molar-refractivity contribution in [2.45, 2.75) is 0 Å². The number of furan rings is 1. The van der Waals surface area contributed by atoms with E-state index in [1.807, 2.05) is 0 Å². The number of nitrogens with two attached hydrogens (primary N) is 1. The minimum Gasteiger partial charge on any atom is -0.449 e. The molecule has 0 radical (unpaired) electrons. The summed E-state index contributed by atoms with van der Waals surface area (Å²) in [6.07, 6.45) is 1.46. The molecule has 4 N–H and O–H groups in total. The predicted molar refractivity (Wildman–Crippen MR) is 66.3 cm³/mol. The van der Waals surface area contributed by atoms with Crippen molar-refractivity contribution in [2.75, 3.05) is 10.6 Å². The van der Waals surface area contributed by atoms with E-state index in [2.05, 4.69) is 10.6 Å². The molecule has 0 bridgehead atoms. The molecule has 0 spiro atoms. The lowest BCUT2D eigenvalue weighted by atomic mass is 10.2. The van der Waals surface area contributed by atoms with Crippen molar-refractivity contribution in [3.8, 4) is 0 Å². The fraction of sp³-hybridized carbons (Fsp3) is 0. The van der Waals surface area contributed by atoms with Crippen molar-refractivity contribution in [3.63, 3.8) is 0 Å². The summed E-state index contributed by atoms with van der Waals surface area (Å²) < 4.78 is 4.96. The quantitative estimate of drug-likeness (QED) is 0.771. The molecule has 1 aromatic carbocycles. The van der Waals surface area contributed by atoms with Gasteiger partial charge in [-0.25, -0.2) is 4.79 Å². The molecule has 0 aliphatic heterocycles. The molecule has 1 heterocycles. The SMILES string of the molecule is NC(=O)c1ccc(NC(=O)Nc2ccco2)cc1. The van der Waals surface area contributed by atoms with Crippen LogP contribution in [-0.2, 0) is 0 Å². The van der Waals surface area contributed by atoms with Gasteiger partial charge in [-0.1, -0.05) is 0 Å². The number of urea groups is 1. The number of primary amides is 1. The fourth-order valence-corrected chi connectivity index (χ4v) is 1.34. The van der Waals surface area contributed by atoms with Crippen molar-refractivity contribution < 1.29 is 14.0 Å². The van der Waals surface area contributed by atoms with Gasteiger partial charge < -0.3 is 15.5 Å². The van der Waals surface area contributed by atoms with E-state index >= 15 is 0 Å². The Balaban J connectivity index is 1.97. The van der Waals surface area contributed by atoms with E-state index in [4.69, 9.17) is 10.2 Å². The summed E-state index contributed by atoms with van der Waals surface area (Å²) in [5.74, 6) is -0.164. The number of carbonyl (C=O) groups excluding carboxylic acids is 2. The molecule has 0 unspecified atom stereocenters. The molecule has 0 saturated carbocycles. The summed E-state index contributed by atoms with van der Waals surface area (Å²) in [6, 6.07) is 9.09. The van der Waals surface area contributed by atoms with Crippen LogP contribution in [0.5, 0.6) is 0 Å². The first-order valence-electron chi connectivity index (χ1n) is 5.16. The van der Waals surface area contributed by atoms with Crippen LogP contribution < -0.4 is 16.4 Å². The van der Waals surface area contributed by atoms with Crippen LogP contribution in [0.2, 0.25) is 0 Å². The Morgan fingerprint density at radius 2 is 1.78 bits per heavy atom. The van der Waals surface area contributed by atoms with E-state index in [-0.39, 0.29) is 0 Å². The van der Waals surface area contributed by atoms with E-state index in [1.165, 1.54) is 18.4 Å². The second-order valence-electron chi connectivity index (χ2n) is 3.50. The predicted octanol–water partition coefficient (Wildman–Crippen LogP) is 2.02. The minimum atomic E-state index is -0.512. The van der Waals surface area contributed by atoms with Crippen LogP contribution in [0, 0.1) is 0 Å². The molecule has 6 nitrogen and oxygen atoms in total. The first-order valence-corrected chi connectivity index (χ1v) is 5.16. The largest absolute Gasteiger partial charge is 0.449 e. The average molecular weight is 245 g/mol. The molecular formula is C12H11N3O3. The van der Waals surface area contributed by atoms with Gasteiger partial charge in [0, 0.05) is 17.3 Å². The highest BCUT2D eigenvalue weighted by molar-refractivity contribution is 5.99. The maximum atomic E-state index is 11.5. The first kappa shape index (κ1) is 11.7. The van der Waals surface area contributed by atoms with E-state index in [0.29, 0.717) is 17.1 Å². The Kier molecular flexibility index (Phi) is 3.29. The Morgan fingerprint density at radius 3 is 2.33 bits per heavy atom. The molecule has 6 heteroatoms. The highest BCUT2D eigenvalue weighted by Crippen LogP contribution is 2.11. The van der Waals surface area contributed by atoms with Crippen molar-refractivity contribution in [1.82, 2.24) is 0 Å². The Hall–Kier alpha value is -2.76. The number of rotatable bonds is 3. The van der Waals surface area contributed by atoms with Crippen LogP contribution in [0.25, 0.3) is 0 Å². The Morgan fingerprint density at radius 1 is 1.06 bits per heavy atom. The number of nitrogens with one attached hydrogen (secondary N) is 2. The third-order valence-corrected chi connectivity index (χ3v) is 2.19. The molecule has 2 rings (SSSR count). The third-order valence-electron chi connectivity index (χ3n) is 2.19. The lowest BCUT2D eigenvalue weighted by molar-refractivity contribution is 0.100. The molecule has 0 fully saturated rings. The molecule has 0 aliphatic rings. The fourth-order valence-electron chi connectivity index (χ4n) is 1.34. The van der Waals surface area contributed by atoms with E-state index < -0.39 is 11.9 Å². The zero-order chi connectivity index (χ0) is 13.0. The molecule has 18 heavy (non-hydrogen) atoms. The summed E-state index contributed by atoms with van der Waals surface area (Å²) in [7, 11) is 0. The van der Waals surface area contributed by atoms with Gasteiger partial charge in [0.15, 0.2) is 0 Å².